The van der Waals surface area contributed by atoms with Gasteiger partial charge in [0.1, 0.15) is 0 Å². The molecule has 2 rings (SSSR count). The lowest BCUT2D eigenvalue weighted by Gasteiger charge is -2.32. The van der Waals surface area contributed by atoms with E-state index >= 15 is 0 Å². The molecule has 0 amide bonds. The number of likely N-dealkylation sites (tertiary alicyclic amines) is 1. The van der Waals surface area contributed by atoms with Crippen molar-refractivity contribution in [2.45, 2.75) is 39.2 Å². The van der Waals surface area contributed by atoms with Gasteiger partial charge in [-0.15, -0.1) is 0 Å². The van der Waals surface area contributed by atoms with Crippen LogP contribution in [0.3, 0.4) is 0 Å². The van der Waals surface area contributed by atoms with Gasteiger partial charge in [-0.3, -0.25) is 0 Å². The third-order valence-electron chi connectivity index (χ3n) is 4.06. The van der Waals surface area contributed by atoms with Crippen LogP contribution in [-0.4, -0.2) is 37.1 Å². The predicted octanol–water partition coefficient (Wildman–Crippen LogP) is 3.25. The Morgan fingerprint density at radius 3 is 2.55 bits per heavy atom. The summed E-state index contributed by atoms with van der Waals surface area (Å²) >= 11 is 0. The van der Waals surface area contributed by atoms with E-state index in [1.807, 2.05) is 0 Å². The Hall–Kier alpha value is -1.12. The van der Waals surface area contributed by atoms with Crippen molar-refractivity contribution in [3.05, 3.63) is 47.5 Å². The minimum Gasteiger partial charge on any atom is -0.310 e. The van der Waals surface area contributed by atoms with Crippen molar-refractivity contribution in [1.82, 2.24) is 10.2 Å². The van der Waals surface area contributed by atoms with Crippen LogP contribution < -0.4 is 5.32 Å². The molecule has 1 aliphatic rings. The number of hydrogen-bond donors (Lipinski definition) is 1. The van der Waals surface area contributed by atoms with Crippen LogP contribution in [0.25, 0.3) is 0 Å². The Morgan fingerprint density at radius 1 is 1.20 bits per heavy atom. The Balaban J connectivity index is 1.63. The van der Waals surface area contributed by atoms with Crippen LogP contribution in [0.1, 0.15) is 32.3 Å². The molecular formula is C18H28N2. The highest BCUT2D eigenvalue weighted by atomic mass is 15.1. The van der Waals surface area contributed by atoms with Crippen molar-refractivity contribution in [3.8, 4) is 0 Å². The van der Waals surface area contributed by atoms with Gasteiger partial charge >= 0.3 is 0 Å². The van der Waals surface area contributed by atoms with Crippen molar-refractivity contribution in [2.24, 2.45) is 0 Å². The average Bonchev–Trinajstić information content (AvgIpc) is 2.47. The molecule has 0 unspecified atom stereocenters. The second-order valence-electron chi connectivity index (χ2n) is 6.04. The van der Waals surface area contributed by atoms with Crippen LogP contribution in [0.5, 0.6) is 0 Å². The van der Waals surface area contributed by atoms with Gasteiger partial charge in [-0.25, -0.2) is 0 Å². The van der Waals surface area contributed by atoms with E-state index in [1.54, 1.807) is 0 Å². The molecule has 110 valence electrons. The number of hydrogen-bond acceptors (Lipinski definition) is 2. The zero-order valence-electron chi connectivity index (χ0n) is 12.9. The fourth-order valence-electron chi connectivity index (χ4n) is 2.72. The maximum atomic E-state index is 3.64. The molecule has 0 atom stereocenters. The highest BCUT2D eigenvalue weighted by Gasteiger charge is 2.17. The van der Waals surface area contributed by atoms with E-state index < -0.39 is 0 Å². The minimum absolute atomic E-state index is 0.707. The zero-order valence-corrected chi connectivity index (χ0v) is 12.9. The lowest BCUT2D eigenvalue weighted by Crippen LogP contribution is -2.43. The fraction of sp³-hybridized carbons (Fsp3) is 0.556. The van der Waals surface area contributed by atoms with Gasteiger partial charge in [0.15, 0.2) is 0 Å². The van der Waals surface area contributed by atoms with Gasteiger partial charge in [0.05, 0.1) is 0 Å². The molecule has 1 aliphatic heterocycles. The van der Waals surface area contributed by atoms with Gasteiger partial charge in [0.25, 0.3) is 0 Å². The van der Waals surface area contributed by atoms with Crippen molar-refractivity contribution >= 4 is 0 Å². The molecule has 0 saturated carbocycles. The van der Waals surface area contributed by atoms with Crippen molar-refractivity contribution in [1.29, 1.82) is 0 Å². The Kier molecular flexibility index (Phi) is 6.28. The number of benzene rings is 1. The Bertz CT molecular complexity index is 399. The van der Waals surface area contributed by atoms with E-state index in [9.17, 15) is 0 Å². The topological polar surface area (TPSA) is 15.3 Å². The molecular weight excluding hydrogens is 244 g/mol. The zero-order chi connectivity index (χ0) is 14.2. The second-order valence-corrected chi connectivity index (χ2v) is 6.04. The normalized spacial score (nSPS) is 17.1. The molecule has 1 fully saturated rings. The van der Waals surface area contributed by atoms with Gasteiger partial charge in [0, 0.05) is 19.1 Å². The molecule has 2 heteroatoms. The first-order valence-corrected chi connectivity index (χ1v) is 7.87. The highest BCUT2D eigenvalue weighted by Crippen LogP contribution is 2.11. The van der Waals surface area contributed by atoms with E-state index in [2.05, 4.69) is 60.5 Å². The molecule has 0 aromatic heterocycles. The Labute approximate surface area is 123 Å². The van der Waals surface area contributed by atoms with Crippen molar-refractivity contribution < 1.29 is 0 Å². The monoisotopic (exact) mass is 272 g/mol. The number of piperidine rings is 1. The van der Waals surface area contributed by atoms with Gasteiger partial charge in [-0.1, -0.05) is 42.0 Å². The van der Waals surface area contributed by atoms with Gasteiger partial charge in [-0.2, -0.15) is 0 Å². The summed E-state index contributed by atoms with van der Waals surface area (Å²) in [6.07, 6.45) is 6.02. The molecule has 0 aliphatic carbocycles. The third-order valence-corrected chi connectivity index (χ3v) is 4.06. The quantitative estimate of drug-likeness (QED) is 0.800. The SMILES string of the molecule is CC(C)=CCNC1CCN(CCc2ccccc2)CC1. The number of nitrogens with one attached hydrogen (secondary N) is 1. The summed E-state index contributed by atoms with van der Waals surface area (Å²) in [5, 5.41) is 3.64. The molecule has 1 aromatic rings. The average molecular weight is 272 g/mol. The molecule has 0 bridgehead atoms. The molecule has 20 heavy (non-hydrogen) atoms. The minimum atomic E-state index is 0.707. The van der Waals surface area contributed by atoms with E-state index in [4.69, 9.17) is 0 Å². The lowest BCUT2D eigenvalue weighted by atomic mass is 10.0. The van der Waals surface area contributed by atoms with Crippen molar-refractivity contribution in [2.75, 3.05) is 26.2 Å². The standard InChI is InChI=1S/C18H28N2/c1-16(2)8-12-19-18-10-14-20(15-11-18)13-9-17-6-4-3-5-7-17/h3-8,18-19H,9-15H2,1-2H3. The molecule has 1 N–H and O–H groups in total. The van der Waals surface area contributed by atoms with Crippen LogP contribution in [0.15, 0.2) is 42.0 Å². The van der Waals surface area contributed by atoms with E-state index in [0.717, 1.165) is 6.54 Å². The summed E-state index contributed by atoms with van der Waals surface area (Å²) < 4.78 is 0. The van der Waals surface area contributed by atoms with E-state index in [0.29, 0.717) is 6.04 Å². The summed E-state index contributed by atoms with van der Waals surface area (Å²) in [6, 6.07) is 11.5. The maximum Gasteiger partial charge on any atom is 0.0139 e. The molecule has 1 heterocycles. The first-order valence-electron chi connectivity index (χ1n) is 7.87. The highest BCUT2D eigenvalue weighted by molar-refractivity contribution is 5.14. The second kappa shape index (κ2) is 8.23. The summed E-state index contributed by atoms with van der Waals surface area (Å²) in [6.45, 7) is 9.02. The summed E-state index contributed by atoms with van der Waals surface area (Å²) in [4.78, 5) is 2.60. The van der Waals surface area contributed by atoms with Crippen molar-refractivity contribution in [3.63, 3.8) is 0 Å². The van der Waals surface area contributed by atoms with Crippen LogP contribution in [-0.2, 0) is 6.42 Å². The smallest absolute Gasteiger partial charge is 0.0139 e. The summed E-state index contributed by atoms with van der Waals surface area (Å²) in [5.41, 5.74) is 2.86. The fourth-order valence-corrected chi connectivity index (χ4v) is 2.72. The maximum absolute atomic E-state index is 3.64. The molecule has 1 saturated heterocycles. The van der Waals surface area contributed by atoms with Gasteiger partial charge in [0.2, 0.25) is 0 Å². The first kappa shape index (κ1) is 15.3. The first-order chi connectivity index (χ1) is 9.74. The van der Waals surface area contributed by atoms with Crippen LogP contribution in [0.2, 0.25) is 0 Å². The number of rotatable bonds is 6. The number of nitrogens with zero attached hydrogens (tertiary/aromatic N) is 1. The largest absolute Gasteiger partial charge is 0.310 e. The van der Waals surface area contributed by atoms with Gasteiger partial charge in [-0.05, 0) is 51.8 Å². The van der Waals surface area contributed by atoms with Crippen LogP contribution in [0.4, 0.5) is 0 Å². The summed E-state index contributed by atoms with van der Waals surface area (Å²) in [5.74, 6) is 0. The van der Waals surface area contributed by atoms with Crippen LogP contribution >= 0.6 is 0 Å². The van der Waals surface area contributed by atoms with Gasteiger partial charge < -0.3 is 10.2 Å². The van der Waals surface area contributed by atoms with E-state index in [-0.39, 0.29) is 0 Å². The van der Waals surface area contributed by atoms with Crippen LogP contribution in [0, 0.1) is 0 Å². The lowest BCUT2D eigenvalue weighted by molar-refractivity contribution is 0.202. The predicted molar refractivity (Wildman–Crippen MR) is 87.0 cm³/mol. The molecule has 0 radical (unpaired) electrons. The van der Waals surface area contributed by atoms with E-state index in [1.165, 1.54) is 50.0 Å². The number of allylic oxidation sites excluding steroid dienone is 1. The molecule has 0 spiro atoms. The third kappa shape index (κ3) is 5.48. The summed E-state index contributed by atoms with van der Waals surface area (Å²) in [7, 11) is 0. The molecule has 1 aromatic carbocycles. The molecule has 2 nitrogen and oxygen atoms in total. The Morgan fingerprint density at radius 2 is 1.90 bits per heavy atom.